The smallest absolute Gasteiger partial charge is 0.337 e. The molecule has 0 saturated carbocycles. The maximum Gasteiger partial charge on any atom is 0.337 e. The number of aliphatic hydroxyl groups is 1. The molecular formula is C35H35ClN4O7. The van der Waals surface area contributed by atoms with Gasteiger partial charge in [-0.1, -0.05) is 60.1 Å². The molecule has 1 aliphatic rings. The molecule has 0 spiro atoms. The molecule has 2 atom stereocenters. The molecule has 0 bridgehead atoms. The SMILES string of the molecule is CCOc1cc([C@@H]2NC(=O)NC(C)=C2C(=O)OC)ccc1OC[C@@H](O)N/N=C/c1c(OCc2cccc(Cl)c2)ccc2ccccc12. The number of halogens is 1. The summed E-state index contributed by atoms with van der Waals surface area (Å²) in [5.74, 6) is 0.766. The maximum absolute atomic E-state index is 12.5. The normalized spacial score (nSPS) is 15.2. The number of nitrogens with one attached hydrogen (secondary N) is 3. The van der Waals surface area contributed by atoms with E-state index < -0.39 is 24.3 Å². The Hall–Kier alpha value is -5.26. The molecule has 0 radical (unpaired) electrons. The summed E-state index contributed by atoms with van der Waals surface area (Å²) in [5, 5.41) is 22.9. The van der Waals surface area contributed by atoms with Crippen LogP contribution in [0.4, 0.5) is 4.79 Å². The van der Waals surface area contributed by atoms with E-state index in [1.54, 1.807) is 31.3 Å². The molecule has 12 heteroatoms. The molecule has 5 rings (SSSR count). The van der Waals surface area contributed by atoms with Crippen molar-refractivity contribution >= 4 is 40.6 Å². The highest BCUT2D eigenvalue weighted by atomic mass is 35.5. The highest BCUT2D eigenvalue weighted by Gasteiger charge is 2.32. The van der Waals surface area contributed by atoms with Crippen LogP contribution in [0.1, 0.15) is 36.6 Å². The number of aliphatic hydroxyl groups excluding tert-OH is 1. The van der Waals surface area contributed by atoms with Gasteiger partial charge in [-0.05, 0) is 66.1 Å². The Morgan fingerprint density at radius 1 is 1.02 bits per heavy atom. The second-order valence-electron chi connectivity index (χ2n) is 10.5. The van der Waals surface area contributed by atoms with Gasteiger partial charge in [0.25, 0.3) is 0 Å². The van der Waals surface area contributed by atoms with Crippen LogP contribution in [0.2, 0.25) is 5.02 Å². The Labute approximate surface area is 277 Å². The summed E-state index contributed by atoms with van der Waals surface area (Å²) >= 11 is 6.13. The van der Waals surface area contributed by atoms with Crippen LogP contribution in [0.15, 0.2) is 95.2 Å². The molecule has 0 fully saturated rings. The summed E-state index contributed by atoms with van der Waals surface area (Å²) in [6.07, 6.45) is 0.424. The molecule has 11 nitrogen and oxygen atoms in total. The third kappa shape index (κ3) is 8.13. The fourth-order valence-electron chi connectivity index (χ4n) is 5.13. The van der Waals surface area contributed by atoms with Crippen molar-refractivity contribution in [1.82, 2.24) is 16.1 Å². The zero-order valence-electron chi connectivity index (χ0n) is 26.1. The Balaban J connectivity index is 1.28. The van der Waals surface area contributed by atoms with E-state index in [2.05, 4.69) is 21.2 Å². The third-order valence-corrected chi connectivity index (χ3v) is 7.54. The van der Waals surface area contributed by atoms with Gasteiger partial charge < -0.3 is 34.7 Å². The minimum absolute atomic E-state index is 0.166. The minimum atomic E-state index is -1.17. The van der Waals surface area contributed by atoms with E-state index in [9.17, 15) is 14.7 Å². The van der Waals surface area contributed by atoms with E-state index in [1.165, 1.54) is 7.11 Å². The summed E-state index contributed by atoms with van der Waals surface area (Å²) in [6.45, 7) is 3.92. The highest BCUT2D eigenvalue weighted by molar-refractivity contribution is 6.30. The average molecular weight is 659 g/mol. The molecular weight excluding hydrogens is 624 g/mol. The first-order valence-electron chi connectivity index (χ1n) is 14.9. The molecule has 4 N–H and O–H groups in total. The molecule has 2 amide bonds. The third-order valence-electron chi connectivity index (χ3n) is 7.30. The number of urea groups is 1. The zero-order chi connectivity index (χ0) is 33.3. The standard InChI is InChI=1S/C35H35ClN4O7/c1-4-45-30-17-24(33-32(34(42)44-3)21(2)38-35(43)39-33)13-15-29(30)47-20-31(41)40-37-18-27-26-11-6-5-9-23(26)12-14-28(27)46-19-22-8-7-10-25(36)16-22/h5-18,31,33,40-41H,4,19-20H2,1-3H3,(H2,38,39,43)/b37-18+/t31-,33+/m1/s1. The summed E-state index contributed by atoms with van der Waals surface area (Å²) in [4.78, 5) is 24.7. The van der Waals surface area contributed by atoms with Crippen molar-refractivity contribution < 1.29 is 33.6 Å². The lowest BCUT2D eigenvalue weighted by atomic mass is 9.95. The number of carbonyl (C=O) groups excluding carboxylic acids is 2. The number of amides is 2. The van der Waals surface area contributed by atoms with Crippen LogP contribution in [0.25, 0.3) is 10.8 Å². The predicted molar refractivity (Wildman–Crippen MR) is 179 cm³/mol. The number of benzene rings is 4. The van der Waals surface area contributed by atoms with Gasteiger partial charge >= 0.3 is 12.0 Å². The van der Waals surface area contributed by atoms with Crippen molar-refractivity contribution in [3.63, 3.8) is 0 Å². The number of ether oxygens (including phenoxy) is 4. The number of allylic oxidation sites excluding steroid dienone is 1. The lowest BCUT2D eigenvalue weighted by molar-refractivity contribution is -0.136. The van der Waals surface area contributed by atoms with Crippen LogP contribution in [0.3, 0.4) is 0 Å². The second-order valence-corrected chi connectivity index (χ2v) is 11.0. The lowest BCUT2D eigenvalue weighted by Gasteiger charge is -2.28. The van der Waals surface area contributed by atoms with Crippen molar-refractivity contribution in [3.05, 3.63) is 112 Å². The van der Waals surface area contributed by atoms with Crippen LogP contribution in [0.5, 0.6) is 17.2 Å². The first-order chi connectivity index (χ1) is 22.8. The molecule has 47 heavy (non-hydrogen) atoms. The van der Waals surface area contributed by atoms with E-state index in [-0.39, 0.29) is 12.2 Å². The Morgan fingerprint density at radius 2 is 1.83 bits per heavy atom. The van der Waals surface area contributed by atoms with Crippen LogP contribution in [-0.2, 0) is 16.1 Å². The molecule has 4 aromatic carbocycles. The zero-order valence-corrected chi connectivity index (χ0v) is 26.8. The van der Waals surface area contributed by atoms with E-state index >= 15 is 0 Å². The van der Waals surface area contributed by atoms with E-state index in [1.807, 2.05) is 67.6 Å². The van der Waals surface area contributed by atoms with Gasteiger partial charge in [-0.15, -0.1) is 0 Å². The summed E-state index contributed by atoms with van der Waals surface area (Å²) in [7, 11) is 1.28. The summed E-state index contributed by atoms with van der Waals surface area (Å²) in [6, 6.07) is 23.0. The Bertz CT molecular complexity index is 1830. The van der Waals surface area contributed by atoms with Crippen LogP contribution in [0, 0.1) is 0 Å². The number of methoxy groups -OCH3 is 1. The molecule has 1 aliphatic heterocycles. The van der Waals surface area contributed by atoms with Gasteiger partial charge in [0.2, 0.25) is 0 Å². The highest BCUT2D eigenvalue weighted by Crippen LogP contribution is 2.35. The van der Waals surface area contributed by atoms with E-state index in [0.29, 0.717) is 46.7 Å². The van der Waals surface area contributed by atoms with E-state index in [4.69, 9.17) is 30.5 Å². The monoisotopic (exact) mass is 658 g/mol. The van der Waals surface area contributed by atoms with Crippen molar-refractivity contribution in [2.45, 2.75) is 32.7 Å². The summed E-state index contributed by atoms with van der Waals surface area (Å²) in [5.41, 5.74) is 5.60. The molecule has 0 aromatic heterocycles. The average Bonchev–Trinajstić information content (AvgIpc) is 3.06. The first kappa shape index (κ1) is 33.1. The fraction of sp³-hybridized carbons (Fsp3) is 0.229. The fourth-order valence-corrected chi connectivity index (χ4v) is 5.35. The van der Waals surface area contributed by atoms with Gasteiger partial charge in [0.05, 0.1) is 31.5 Å². The predicted octanol–water partition coefficient (Wildman–Crippen LogP) is 5.59. The number of esters is 1. The number of fused-ring (bicyclic) bond motifs is 1. The van der Waals surface area contributed by atoms with Gasteiger partial charge in [0.1, 0.15) is 19.0 Å². The van der Waals surface area contributed by atoms with Crippen LogP contribution < -0.4 is 30.3 Å². The van der Waals surface area contributed by atoms with E-state index in [0.717, 1.165) is 21.9 Å². The Kier molecular flexibility index (Phi) is 10.8. The molecule has 0 unspecified atom stereocenters. The number of nitrogens with zero attached hydrogens (tertiary/aromatic N) is 1. The van der Waals surface area contributed by atoms with Crippen molar-refractivity contribution in [2.75, 3.05) is 20.3 Å². The van der Waals surface area contributed by atoms with Gasteiger partial charge in [-0.2, -0.15) is 5.10 Å². The maximum atomic E-state index is 12.5. The number of hydrogen-bond acceptors (Lipinski definition) is 9. The number of rotatable bonds is 13. The number of hydrogen-bond donors (Lipinski definition) is 4. The molecule has 1 heterocycles. The molecule has 0 aliphatic carbocycles. The molecule has 0 saturated heterocycles. The van der Waals surface area contributed by atoms with Gasteiger partial charge in [-0.25, -0.2) is 9.59 Å². The number of carbonyl (C=O) groups is 2. The minimum Gasteiger partial charge on any atom is -0.490 e. The number of hydrazone groups is 1. The van der Waals surface area contributed by atoms with Crippen molar-refractivity contribution in [2.24, 2.45) is 5.10 Å². The largest absolute Gasteiger partial charge is 0.490 e. The van der Waals surface area contributed by atoms with Crippen molar-refractivity contribution in [1.29, 1.82) is 0 Å². The van der Waals surface area contributed by atoms with Gasteiger partial charge in [0, 0.05) is 16.3 Å². The summed E-state index contributed by atoms with van der Waals surface area (Å²) < 4.78 is 22.7. The lowest BCUT2D eigenvalue weighted by Crippen LogP contribution is -2.45. The van der Waals surface area contributed by atoms with Crippen LogP contribution in [-0.4, -0.2) is 49.9 Å². The quantitative estimate of drug-likeness (QED) is 0.0631. The van der Waals surface area contributed by atoms with Gasteiger partial charge in [-0.3, -0.25) is 5.43 Å². The molecule has 4 aromatic rings. The Morgan fingerprint density at radius 3 is 2.62 bits per heavy atom. The first-order valence-corrected chi connectivity index (χ1v) is 15.3. The second kappa shape index (κ2) is 15.4. The van der Waals surface area contributed by atoms with Crippen LogP contribution >= 0.6 is 11.6 Å². The topological polar surface area (TPSA) is 140 Å². The van der Waals surface area contributed by atoms with Gasteiger partial charge in [0.15, 0.2) is 17.7 Å². The molecule has 244 valence electrons. The van der Waals surface area contributed by atoms with Crippen molar-refractivity contribution in [3.8, 4) is 17.2 Å².